The summed E-state index contributed by atoms with van der Waals surface area (Å²) in [4.78, 5) is 0. The lowest BCUT2D eigenvalue weighted by Gasteiger charge is -2.38. The highest BCUT2D eigenvalue weighted by molar-refractivity contribution is 5.11. The van der Waals surface area contributed by atoms with E-state index in [0.717, 1.165) is 5.92 Å². The summed E-state index contributed by atoms with van der Waals surface area (Å²) < 4.78 is 5.64. The molecule has 2 fully saturated rings. The van der Waals surface area contributed by atoms with Crippen molar-refractivity contribution in [3.63, 3.8) is 0 Å². The van der Waals surface area contributed by atoms with Gasteiger partial charge in [-0.15, -0.1) is 0 Å². The Bertz CT molecular complexity index is 231. The minimum atomic E-state index is 0.381. The lowest BCUT2D eigenvalue weighted by molar-refractivity contribution is 0.00178. The number of rotatable bonds is 2. The predicted molar refractivity (Wildman–Crippen MR) is 54.3 cm³/mol. The fraction of sp³-hybridized carbons (Fsp3) is 0.833. The largest absolute Gasteiger partial charge is 0.498 e. The molecule has 0 spiro atoms. The van der Waals surface area contributed by atoms with Gasteiger partial charge in [0, 0.05) is 5.41 Å². The lowest BCUT2D eigenvalue weighted by atomic mass is 9.70. The lowest BCUT2D eigenvalue weighted by Crippen LogP contribution is -2.36. The summed E-state index contributed by atoms with van der Waals surface area (Å²) in [6.07, 6.45) is 5.98. The van der Waals surface area contributed by atoms with Crippen LogP contribution in [-0.2, 0) is 4.74 Å². The summed E-state index contributed by atoms with van der Waals surface area (Å²) in [5, 5.41) is 0. The van der Waals surface area contributed by atoms with Crippen LogP contribution in [0.5, 0.6) is 0 Å². The minimum Gasteiger partial charge on any atom is -0.498 e. The van der Waals surface area contributed by atoms with Gasteiger partial charge in [0.05, 0.1) is 6.26 Å². The first-order valence-electron chi connectivity index (χ1n) is 5.29. The molecule has 0 N–H and O–H groups in total. The maximum atomic E-state index is 5.64. The molecule has 0 aromatic rings. The maximum Gasteiger partial charge on any atom is 0.104 e. The smallest absolute Gasteiger partial charge is 0.104 e. The Hall–Kier alpha value is -0.460. The Morgan fingerprint density at radius 3 is 2.46 bits per heavy atom. The summed E-state index contributed by atoms with van der Waals surface area (Å²) in [6, 6.07) is 0. The second kappa shape index (κ2) is 2.52. The average Bonchev–Trinajstić information content (AvgIpc) is 2.37. The van der Waals surface area contributed by atoms with Crippen LogP contribution in [0.25, 0.3) is 0 Å². The maximum absolute atomic E-state index is 5.64. The molecular formula is C12H20O. The highest BCUT2D eigenvalue weighted by atomic mass is 16.5. The van der Waals surface area contributed by atoms with Crippen molar-refractivity contribution in [2.45, 2.75) is 46.1 Å². The molecule has 13 heavy (non-hydrogen) atoms. The zero-order valence-corrected chi connectivity index (χ0v) is 8.97. The molecule has 0 heterocycles. The molecule has 0 radical (unpaired) electrons. The number of ether oxygens (including phenoxy) is 1. The number of hydrogen-bond donors (Lipinski definition) is 0. The molecule has 3 atom stereocenters. The van der Waals surface area contributed by atoms with Crippen LogP contribution in [0.2, 0.25) is 0 Å². The first-order chi connectivity index (χ1) is 6.02. The number of fused-ring (bicyclic) bond motifs is 2. The fourth-order valence-corrected chi connectivity index (χ4v) is 3.45. The summed E-state index contributed by atoms with van der Waals surface area (Å²) in [6.45, 7) is 10.8. The van der Waals surface area contributed by atoms with Crippen LogP contribution < -0.4 is 0 Å². The molecule has 1 heteroatoms. The highest BCUT2D eigenvalue weighted by Gasteiger charge is 2.62. The van der Waals surface area contributed by atoms with Crippen molar-refractivity contribution in [3.8, 4) is 0 Å². The van der Waals surface area contributed by atoms with E-state index in [9.17, 15) is 0 Å². The highest BCUT2D eigenvalue weighted by Crippen LogP contribution is 2.66. The topological polar surface area (TPSA) is 9.23 Å². The molecule has 74 valence electrons. The fourth-order valence-electron chi connectivity index (χ4n) is 3.45. The van der Waals surface area contributed by atoms with Gasteiger partial charge in [-0.2, -0.15) is 0 Å². The van der Waals surface area contributed by atoms with Crippen molar-refractivity contribution in [2.24, 2.45) is 16.7 Å². The van der Waals surface area contributed by atoms with Crippen LogP contribution in [0.3, 0.4) is 0 Å². The minimum absolute atomic E-state index is 0.381. The van der Waals surface area contributed by atoms with Gasteiger partial charge in [0.15, 0.2) is 0 Å². The molecule has 0 amide bonds. The standard InChI is InChI=1S/C12H20O/c1-5-13-10-8-9-6-7-12(10,4)11(9,2)3/h5,9-10H,1,6-8H2,2-4H3/t9-,10-,12+/m1/s1. The predicted octanol–water partition coefficient (Wildman–Crippen LogP) is 3.36. The van der Waals surface area contributed by atoms with Gasteiger partial charge in [0.2, 0.25) is 0 Å². The van der Waals surface area contributed by atoms with Crippen molar-refractivity contribution in [2.75, 3.05) is 0 Å². The van der Waals surface area contributed by atoms with E-state index in [0.29, 0.717) is 16.9 Å². The van der Waals surface area contributed by atoms with Crippen LogP contribution in [0.15, 0.2) is 12.8 Å². The summed E-state index contributed by atoms with van der Waals surface area (Å²) >= 11 is 0. The van der Waals surface area contributed by atoms with E-state index in [2.05, 4.69) is 27.4 Å². The molecule has 0 aromatic heterocycles. The molecule has 2 aliphatic rings. The summed E-state index contributed by atoms with van der Waals surface area (Å²) in [5.41, 5.74) is 0.840. The molecular weight excluding hydrogens is 160 g/mol. The molecule has 0 unspecified atom stereocenters. The van der Waals surface area contributed by atoms with Crippen LogP contribution in [-0.4, -0.2) is 6.10 Å². The molecule has 0 saturated heterocycles. The normalized spacial score (nSPS) is 46.4. The Kier molecular flexibility index (Phi) is 1.77. The van der Waals surface area contributed by atoms with Crippen molar-refractivity contribution in [3.05, 3.63) is 12.8 Å². The summed E-state index contributed by atoms with van der Waals surface area (Å²) in [5.74, 6) is 0.863. The second-order valence-electron chi connectivity index (χ2n) is 5.40. The molecule has 2 rings (SSSR count). The van der Waals surface area contributed by atoms with E-state index in [-0.39, 0.29) is 0 Å². The summed E-state index contributed by atoms with van der Waals surface area (Å²) in [7, 11) is 0. The van der Waals surface area contributed by atoms with Gasteiger partial charge in [0.25, 0.3) is 0 Å². The molecule has 2 saturated carbocycles. The van der Waals surface area contributed by atoms with Gasteiger partial charge in [-0.1, -0.05) is 27.4 Å². The van der Waals surface area contributed by atoms with E-state index >= 15 is 0 Å². The zero-order valence-electron chi connectivity index (χ0n) is 8.97. The van der Waals surface area contributed by atoms with Gasteiger partial charge in [-0.25, -0.2) is 0 Å². The Labute approximate surface area is 81.2 Å². The third-order valence-corrected chi connectivity index (χ3v) is 4.97. The van der Waals surface area contributed by atoms with E-state index in [1.807, 2.05) is 0 Å². The van der Waals surface area contributed by atoms with Gasteiger partial charge in [-0.3, -0.25) is 0 Å². The molecule has 0 aliphatic heterocycles. The Morgan fingerprint density at radius 1 is 1.38 bits per heavy atom. The zero-order chi connectivity index (χ0) is 9.69. The third kappa shape index (κ3) is 0.934. The van der Waals surface area contributed by atoms with E-state index in [4.69, 9.17) is 4.74 Å². The van der Waals surface area contributed by atoms with Crippen LogP contribution in [0.1, 0.15) is 40.0 Å². The first-order valence-corrected chi connectivity index (χ1v) is 5.29. The van der Waals surface area contributed by atoms with Gasteiger partial charge >= 0.3 is 0 Å². The quantitative estimate of drug-likeness (QED) is 0.592. The first kappa shape index (κ1) is 9.11. The Morgan fingerprint density at radius 2 is 2.08 bits per heavy atom. The van der Waals surface area contributed by atoms with E-state index in [1.54, 1.807) is 6.26 Å². The SMILES string of the molecule is C=CO[C@@H]1C[C@H]2CC[C@]1(C)C2(C)C. The van der Waals surface area contributed by atoms with Crippen molar-refractivity contribution in [1.29, 1.82) is 0 Å². The van der Waals surface area contributed by atoms with Crippen molar-refractivity contribution in [1.82, 2.24) is 0 Å². The molecule has 0 aromatic carbocycles. The van der Waals surface area contributed by atoms with Crippen molar-refractivity contribution < 1.29 is 4.74 Å². The van der Waals surface area contributed by atoms with E-state index in [1.165, 1.54) is 19.3 Å². The molecule has 2 aliphatic carbocycles. The Balaban J connectivity index is 2.27. The molecule has 2 bridgehead atoms. The average molecular weight is 180 g/mol. The van der Waals surface area contributed by atoms with Crippen molar-refractivity contribution >= 4 is 0 Å². The second-order valence-corrected chi connectivity index (χ2v) is 5.40. The van der Waals surface area contributed by atoms with Gasteiger partial charge < -0.3 is 4.74 Å². The van der Waals surface area contributed by atoms with Gasteiger partial charge in [0.1, 0.15) is 6.10 Å². The van der Waals surface area contributed by atoms with Gasteiger partial charge in [-0.05, 0) is 30.6 Å². The monoisotopic (exact) mass is 180 g/mol. The third-order valence-electron chi connectivity index (χ3n) is 4.97. The molecule has 1 nitrogen and oxygen atoms in total. The van der Waals surface area contributed by atoms with Crippen LogP contribution in [0, 0.1) is 16.7 Å². The van der Waals surface area contributed by atoms with E-state index < -0.39 is 0 Å². The number of hydrogen-bond acceptors (Lipinski definition) is 1. The van der Waals surface area contributed by atoms with Crippen LogP contribution >= 0.6 is 0 Å². The van der Waals surface area contributed by atoms with Crippen LogP contribution in [0.4, 0.5) is 0 Å².